The Morgan fingerprint density at radius 3 is 2.75 bits per heavy atom. The Hall–Kier alpha value is -0.780. The molecule has 0 spiro atoms. The molecule has 2 aromatic rings. The van der Waals surface area contributed by atoms with Gasteiger partial charge in [0.25, 0.3) is 0 Å². The maximum absolute atomic E-state index is 4.73. The van der Waals surface area contributed by atoms with Crippen LogP contribution in [0, 0.1) is 5.92 Å². The number of hydrogen-bond donors (Lipinski definition) is 1. The Bertz CT molecular complexity index is 549. The average Bonchev–Trinajstić information content (AvgIpc) is 2.82. The molecule has 0 saturated carbocycles. The first-order valence-corrected chi connectivity index (χ1v) is 8.52. The van der Waals surface area contributed by atoms with Crippen LogP contribution in [0.1, 0.15) is 31.3 Å². The standard InChI is InChI=1S/C15H20BrN3S/c1-4-12-14(9-17-7-10(2)3)20-15(19-12)13-6-5-11(16)8-18-13/h5-6,8,10,17H,4,7,9H2,1-3H3. The van der Waals surface area contributed by atoms with Gasteiger partial charge in [-0.15, -0.1) is 11.3 Å². The molecule has 108 valence electrons. The zero-order chi connectivity index (χ0) is 14.5. The molecule has 2 heterocycles. The van der Waals surface area contributed by atoms with Crippen LogP contribution in [0.25, 0.3) is 10.7 Å². The molecule has 0 aliphatic heterocycles. The minimum atomic E-state index is 0.667. The number of nitrogens with zero attached hydrogens (tertiary/aromatic N) is 2. The van der Waals surface area contributed by atoms with Gasteiger partial charge in [0.1, 0.15) is 5.01 Å². The van der Waals surface area contributed by atoms with E-state index in [0.29, 0.717) is 5.92 Å². The fourth-order valence-electron chi connectivity index (χ4n) is 1.88. The van der Waals surface area contributed by atoms with Crippen molar-refractivity contribution in [3.63, 3.8) is 0 Å². The van der Waals surface area contributed by atoms with Gasteiger partial charge >= 0.3 is 0 Å². The number of hydrogen-bond acceptors (Lipinski definition) is 4. The fourth-order valence-corrected chi connectivity index (χ4v) is 3.22. The third kappa shape index (κ3) is 4.11. The Morgan fingerprint density at radius 2 is 2.15 bits per heavy atom. The summed E-state index contributed by atoms with van der Waals surface area (Å²) < 4.78 is 0.993. The molecule has 2 aromatic heterocycles. The Morgan fingerprint density at radius 1 is 1.35 bits per heavy atom. The van der Waals surface area contributed by atoms with Crippen LogP contribution in [0.15, 0.2) is 22.8 Å². The summed E-state index contributed by atoms with van der Waals surface area (Å²) in [6, 6.07) is 4.01. The molecule has 0 aliphatic rings. The largest absolute Gasteiger partial charge is 0.312 e. The van der Waals surface area contributed by atoms with E-state index in [2.05, 4.69) is 47.0 Å². The van der Waals surface area contributed by atoms with E-state index < -0.39 is 0 Å². The van der Waals surface area contributed by atoms with Gasteiger partial charge in [-0.25, -0.2) is 4.98 Å². The SMILES string of the molecule is CCc1nc(-c2ccc(Br)cn2)sc1CNCC(C)C. The number of aromatic nitrogens is 2. The van der Waals surface area contributed by atoms with Crippen LogP contribution in [-0.4, -0.2) is 16.5 Å². The van der Waals surface area contributed by atoms with Gasteiger partial charge in [0.2, 0.25) is 0 Å². The van der Waals surface area contributed by atoms with Crippen LogP contribution in [0.2, 0.25) is 0 Å². The lowest BCUT2D eigenvalue weighted by Crippen LogP contribution is -2.18. The van der Waals surface area contributed by atoms with Gasteiger partial charge in [0.15, 0.2) is 0 Å². The quantitative estimate of drug-likeness (QED) is 0.842. The molecule has 0 amide bonds. The number of aryl methyl sites for hydroxylation is 1. The predicted octanol–water partition coefficient (Wildman–Crippen LogP) is 4.28. The van der Waals surface area contributed by atoms with E-state index in [1.54, 1.807) is 11.3 Å². The minimum absolute atomic E-state index is 0.667. The van der Waals surface area contributed by atoms with Crippen LogP contribution in [0.4, 0.5) is 0 Å². The van der Waals surface area contributed by atoms with Crippen molar-refractivity contribution in [2.45, 2.75) is 33.7 Å². The number of nitrogens with one attached hydrogen (secondary N) is 1. The van der Waals surface area contributed by atoms with Crippen LogP contribution in [-0.2, 0) is 13.0 Å². The second-order valence-corrected chi connectivity index (χ2v) is 7.13. The summed E-state index contributed by atoms with van der Waals surface area (Å²) in [6.45, 7) is 8.53. The maximum atomic E-state index is 4.73. The van der Waals surface area contributed by atoms with Crippen molar-refractivity contribution < 1.29 is 0 Å². The molecule has 2 rings (SSSR count). The van der Waals surface area contributed by atoms with Gasteiger partial charge in [-0.1, -0.05) is 20.8 Å². The third-order valence-electron chi connectivity index (χ3n) is 2.90. The number of rotatable bonds is 6. The van der Waals surface area contributed by atoms with Gasteiger partial charge in [0, 0.05) is 22.1 Å². The molecule has 0 atom stereocenters. The first-order chi connectivity index (χ1) is 9.60. The van der Waals surface area contributed by atoms with Gasteiger partial charge < -0.3 is 5.32 Å². The van der Waals surface area contributed by atoms with E-state index in [1.807, 2.05) is 18.3 Å². The normalized spacial score (nSPS) is 11.2. The molecule has 0 saturated heterocycles. The smallest absolute Gasteiger partial charge is 0.142 e. The fraction of sp³-hybridized carbons (Fsp3) is 0.467. The van der Waals surface area contributed by atoms with Crippen molar-refractivity contribution in [2.75, 3.05) is 6.54 Å². The molecule has 5 heteroatoms. The van der Waals surface area contributed by atoms with Crippen LogP contribution >= 0.6 is 27.3 Å². The molecule has 0 aromatic carbocycles. The highest BCUT2D eigenvalue weighted by Crippen LogP contribution is 2.27. The molecule has 0 bridgehead atoms. The Labute approximate surface area is 133 Å². The Balaban J connectivity index is 2.15. The molecule has 1 N–H and O–H groups in total. The lowest BCUT2D eigenvalue weighted by Gasteiger charge is -2.06. The van der Waals surface area contributed by atoms with Gasteiger partial charge in [0.05, 0.1) is 11.4 Å². The van der Waals surface area contributed by atoms with Crippen molar-refractivity contribution in [3.8, 4) is 10.7 Å². The van der Waals surface area contributed by atoms with E-state index in [0.717, 1.165) is 34.7 Å². The molecule has 0 aliphatic carbocycles. The minimum Gasteiger partial charge on any atom is -0.312 e. The van der Waals surface area contributed by atoms with Gasteiger partial charge in [-0.3, -0.25) is 4.98 Å². The van der Waals surface area contributed by atoms with Crippen LogP contribution in [0.3, 0.4) is 0 Å². The second kappa shape index (κ2) is 7.29. The zero-order valence-electron chi connectivity index (χ0n) is 12.1. The Kier molecular flexibility index (Phi) is 5.69. The average molecular weight is 354 g/mol. The summed E-state index contributed by atoms with van der Waals surface area (Å²) in [5, 5.41) is 4.50. The summed E-state index contributed by atoms with van der Waals surface area (Å²) in [5.74, 6) is 0.667. The first-order valence-electron chi connectivity index (χ1n) is 6.91. The van der Waals surface area contributed by atoms with Crippen molar-refractivity contribution in [3.05, 3.63) is 33.4 Å². The molecule has 0 radical (unpaired) electrons. The van der Waals surface area contributed by atoms with Crippen LogP contribution in [0.5, 0.6) is 0 Å². The monoisotopic (exact) mass is 353 g/mol. The number of halogens is 1. The highest BCUT2D eigenvalue weighted by atomic mass is 79.9. The summed E-state index contributed by atoms with van der Waals surface area (Å²) in [4.78, 5) is 10.5. The van der Waals surface area contributed by atoms with E-state index >= 15 is 0 Å². The highest BCUT2D eigenvalue weighted by Gasteiger charge is 2.12. The van der Waals surface area contributed by atoms with Crippen molar-refractivity contribution in [1.82, 2.24) is 15.3 Å². The van der Waals surface area contributed by atoms with Crippen molar-refractivity contribution >= 4 is 27.3 Å². The molecule has 0 fully saturated rings. The molecular weight excluding hydrogens is 334 g/mol. The van der Waals surface area contributed by atoms with Crippen molar-refractivity contribution in [2.24, 2.45) is 5.92 Å². The summed E-state index contributed by atoms with van der Waals surface area (Å²) in [6.07, 6.45) is 2.78. The van der Waals surface area contributed by atoms with E-state index in [-0.39, 0.29) is 0 Å². The lowest BCUT2D eigenvalue weighted by molar-refractivity contribution is 0.553. The molecular formula is C15H20BrN3S. The lowest BCUT2D eigenvalue weighted by atomic mass is 10.2. The number of thiazole rings is 1. The van der Waals surface area contributed by atoms with Gasteiger partial charge in [-0.05, 0) is 46.9 Å². The van der Waals surface area contributed by atoms with E-state index in [4.69, 9.17) is 4.98 Å². The zero-order valence-corrected chi connectivity index (χ0v) is 14.5. The first kappa shape index (κ1) is 15.6. The van der Waals surface area contributed by atoms with Gasteiger partial charge in [-0.2, -0.15) is 0 Å². The van der Waals surface area contributed by atoms with Crippen LogP contribution < -0.4 is 5.32 Å². The number of pyridine rings is 1. The third-order valence-corrected chi connectivity index (χ3v) is 4.49. The maximum Gasteiger partial charge on any atom is 0.142 e. The highest BCUT2D eigenvalue weighted by molar-refractivity contribution is 9.10. The summed E-state index contributed by atoms with van der Waals surface area (Å²) in [7, 11) is 0. The molecule has 3 nitrogen and oxygen atoms in total. The van der Waals surface area contributed by atoms with E-state index in [1.165, 1.54) is 10.6 Å². The van der Waals surface area contributed by atoms with Crippen molar-refractivity contribution in [1.29, 1.82) is 0 Å². The van der Waals surface area contributed by atoms with E-state index in [9.17, 15) is 0 Å². The second-order valence-electron chi connectivity index (χ2n) is 5.13. The topological polar surface area (TPSA) is 37.8 Å². The summed E-state index contributed by atoms with van der Waals surface area (Å²) >= 11 is 5.15. The molecule has 0 unspecified atom stereocenters. The molecule has 20 heavy (non-hydrogen) atoms. The predicted molar refractivity (Wildman–Crippen MR) is 89.0 cm³/mol. The summed E-state index contributed by atoms with van der Waals surface area (Å²) in [5.41, 5.74) is 2.13.